The second-order valence-electron chi connectivity index (χ2n) is 5.30. The minimum absolute atomic E-state index is 0.159. The number of nitrogens with one attached hydrogen (secondary N) is 1. The molecule has 0 spiro atoms. The predicted octanol–water partition coefficient (Wildman–Crippen LogP) is 1.67. The fraction of sp³-hybridized carbons (Fsp3) is 0.917. The summed E-state index contributed by atoms with van der Waals surface area (Å²) in [6.07, 6.45) is 4.15. The molecule has 0 atom stereocenters. The summed E-state index contributed by atoms with van der Waals surface area (Å²) in [6, 6.07) is 0.209. The molecule has 3 heteroatoms. The lowest BCUT2D eigenvalue weighted by atomic mass is 9.70. The molecule has 1 fully saturated rings. The molecule has 1 saturated carbocycles. The van der Waals surface area contributed by atoms with Gasteiger partial charge in [0.2, 0.25) is 5.91 Å². The van der Waals surface area contributed by atoms with Crippen molar-refractivity contribution >= 4 is 5.91 Å². The zero-order chi connectivity index (χ0) is 11.5. The van der Waals surface area contributed by atoms with Crippen LogP contribution < -0.4 is 11.1 Å². The first-order valence-electron chi connectivity index (χ1n) is 6.01. The second kappa shape index (κ2) is 4.97. The molecule has 0 aromatic carbocycles. The monoisotopic (exact) mass is 212 g/mol. The van der Waals surface area contributed by atoms with Gasteiger partial charge >= 0.3 is 0 Å². The zero-order valence-electron chi connectivity index (χ0n) is 10.2. The zero-order valence-corrected chi connectivity index (χ0v) is 10.2. The van der Waals surface area contributed by atoms with Gasteiger partial charge in [-0.3, -0.25) is 4.79 Å². The lowest BCUT2D eigenvalue weighted by Gasteiger charge is -2.37. The topological polar surface area (TPSA) is 55.1 Å². The van der Waals surface area contributed by atoms with E-state index in [0.29, 0.717) is 6.54 Å². The molecule has 0 heterocycles. The van der Waals surface area contributed by atoms with Gasteiger partial charge in [-0.1, -0.05) is 6.92 Å². The molecule has 0 aliphatic heterocycles. The molecule has 0 saturated heterocycles. The molecule has 1 aliphatic rings. The Hall–Kier alpha value is -0.570. The summed E-state index contributed by atoms with van der Waals surface area (Å²) in [6.45, 7) is 6.72. The van der Waals surface area contributed by atoms with Gasteiger partial charge in [-0.05, 0) is 45.4 Å². The summed E-state index contributed by atoms with van der Waals surface area (Å²) < 4.78 is 0. The lowest BCUT2D eigenvalue weighted by Crippen LogP contribution is -2.49. The van der Waals surface area contributed by atoms with Crippen LogP contribution in [0.5, 0.6) is 0 Å². The van der Waals surface area contributed by atoms with Crippen molar-refractivity contribution in [3.8, 4) is 0 Å². The number of rotatable bonds is 3. The van der Waals surface area contributed by atoms with Crippen molar-refractivity contribution in [1.29, 1.82) is 0 Å². The molecule has 3 N–H and O–H groups in total. The SMILES string of the molecule is CC1CCC(CN)(C(=O)NC(C)C)CC1. The maximum Gasteiger partial charge on any atom is 0.227 e. The van der Waals surface area contributed by atoms with E-state index in [1.807, 2.05) is 13.8 Å². The first kappa shape index (κ1) is 12.5. The van der Waals surface area contributed by atoms with Crippen molar-refractivity contribution in [2.45, 2.75) is 52.5 Å². The van der Waals surface area contributed by atoms with Gasteiger partial charge in [0.1, 0.15) is 0 Å². The molecule has 0 aromatic rings. The number of amides is 1. The Balaban J connectivity index is 2.64. The van der Waals surface area contributed by atoms with E-state index in [1.165, 1.54) is 0 Å². The number of carbonyl (C=O) groups is 1. The number of carbonyl (C=O) groups excluding carboxylic acids is 1. The Labute approximate surface area is 92.8 Å². The van der Waals surface area contributed by atoms with Gasteiger partial charge in [0.15, 0.2) is 0 Å². The highest BCUT2D eigenvalue weighted by Gasteiger charge is 2.39. The minimum Gasteiger partial charge on any atom is -0.353 e. The third kappa shape index (κ3) is 2.94. The Bertz CT molecular complexity index is 218. The van der Waals surface area contributed by atoms with Crippen LogP contribution in [0.4, 0.5) is 0 Å². The van der Waals surface area contributed by atoms with Gasteiger partial charge in [-0.15, -0.1) is 0 Å². The van der Waals surface area contributed by atoms with Crippen molar-refractivity contribution in [3.63, 3.8) is 0 Å². The van der Waals surface area contributed by atoms with Crippen LogP contribution in [-0.2, 0) is 4.79 Å². The lowest BCUT2D eigenvalue weighted by molar-refractivity contribution is -0.133. The summed E-state index contributed by atoms with van der Waals surface area (Å²) in [5.74, 6) is 0.906. The van der Waals surface area contributed by atoms with Crippen molar-refractivity contribution in [3.05, 3.63) is 0 Å². The first-order chi connectivity index (χ1) is 7.00. The van der Waals surface area contributed by atoms with E-state index in [0.717, 1.165) is 31.6 Å². The van der Waals surface area contributed by atoms with Crippen LogP contribution in [0.25, 0.3) is 0 Å². The highest BCUT2D eigenvalue weighted by molar-refractivity contribution is 5.83. The normalized spacial score (nSPS) is 31.7. The Kier molecular flexibility index (Phi) is 4.14. The van der Waals surface area contributed by atoms with Crippen LogP contribution >= 0.6 is 0 Å². The third-order valence-electron chi connectivity index (χ3n) is 3.52. The fourth-order valence-corrected chi connectivity index (χ4v) is 2.25. The van der Waals surface area contributed by atoms with Gasteiger partial charge in [-0.2, -0.15) is 0 Å². The third-order valence-corrected chi connectivity index (χ3v) is 3.52. The molecule has 3 nitrogen and oxygen atoms in total. The van der Waals surface area contributed by atoms with Gasteiger partial charge in [-0.25, -0.2) is 0 Å². The summed E-state index contributed by atoms with van der Waals surface area (Å²) in [7, 11) is 0. The van der Waals surface area contributed by atoms with Gasteiger partial charge in [0.25, 0.3) is 0 Å². The molecule has 0 aromatic heterocycles. The molecule has 0 radical (unpaired) electrons. The van der Waals surface area contributed by atoms with E-state index < -0.39 is 0 Å². The second-order valence-corrected chi connectivity index (χ2v) is 5.30. The quantitative estimate of drug-likeness (QED) is 0.747. The standard InChI is InChI=1S/C12H24N2O/c1-9(2)14-11(15)12(8-13)6-4-10(3)5-7-12/h9-10H,4-8,13H2,1-3H3,(H,14,15). The van der Waals surface area contributed by atoms with Crippen molar-refractivity contribution in [1.82, 2.24) is 5.32 Å². The molecule has 1 amide bonds. The van der Waals surface area contributed by atoms with Crippen LogP contribution in [0.15, 0.2) is 0 Å². The van der Waals surface area contributed by atoms with Gasteiger partial charge in [0, 0.05) is 12.6 Å². The maximum atomic E-state index is 12.1. The molecule has 15 heavy (non-hydrogen) atoms. The minimum atomic E-state index is -0.281. The molecule has 0 unspecified atom stereocenters. The Morgan fingerprint density at radius 3 is 2.40 bits per heavy atom. The number of hydrogen-bond acceptors (Lipinski definition) is 2. The van der Waals surface area contributed by atoms with E-state index in [-0.39, 0.29) is 17.4 Å². The van der Waals surface area contributed by atoms with Crippen molar-refractivity contribution < 1.29 is 4.79 Å². The molecule has 1 rings (SSSR count). The van der Waals surface area contributed by atoms with Crippen molar-refractivity contribution in [2.24, 2.45) is 17.1 Å². The van der Waals surface area contributed by atoms with Crippen LogP contribution in [0, 0.1) is 11.3 Å². The molecular weight excluding hydrogens is 188 g/mol. The Morgan fingerprint density at radius 2 is 2.00 bits per heavy atom. The number of hydrogen-bond donors (Lipinski definition) is 2. The van der Waals surface area contributed by atoms with Crippen LogP contribution in [0.2, 0.25) is 0 Å². The maximum absolute atomic E-state index is 12.1. The fourth-order valence-electron chi connectivity index (χ4n) is 2.25. The smallest absolute Gasteiger partial charge is 0.227 e. The molecule has 88 valence electrons. The molecule has 1 aliphatic carbocycles. The molecular formula is C12H24N2O. The van der Waals surface area contributed by atoms with Crippen LogP contribution in [0.1, 0.15) is 46.5 Å². The van der Waals surface area contributed by atoms with Crippen LogP contribution in [0.3, 0.4) is 0 Å². The average Bonchev–Trinajstić information content (AvgIpc) is 2.18. The summed E-state index contributed by atoms with van der Waals surface area (Å²) in [4.78, 5) is 12.1. The van der Waals surface area contributed by atoms with Crippen LogP contribution in [-0.4, -0.2) is 18.5 Å². The largest absolute Gasteiger partial charge is 0.353 e. The van der Waals surface area contributed by atoms with E-state index in [4.69, 9.17) is 5.73 Å². The summed E-state index contributed by atoms with van der Waals surface area (Å²) in [5.41, 5.74) is 5.52. The first-order valence-corrected chi connectivity index (χ1v) is 6.01. The van der Waals surface area contributed by atoms with E-state index in [2.05, 4.69) is 12.2 Å². The Morgan fingerprint density at radius 1 is 1.47 bits per heavy atom. The molecule has 0 bridgehead atoms. The van der Waals surface area contributed by atoms with E-state index in [9.17, 15) is 4.79 Å². The highest BCUT2D eigenvalue weighted by Crippen LogP contribution is 2.38. The summed E-state index contributed by atoms with van der Waals surface area (Å²) >= 11 is 0. The predicted molar refractivity (Wildman–Crippen MR) is 62.4 cm³/mol. The highest BCUT2D eigenvalue weighted by atomic mass is 16.2. The van der Waals surface area contributed by atoms with E-state index in [1.54, 1.807) is 0 Å². The summed E-state index contributed by atoms with van der Waals surface area (Å²) in [5, 5.41) is 3.00. The van der Waals surface area contributed by atoms with E-state index >= 15 is 0 Å². The van der Waals surface area contributed by atoms with Crippen molar-refractivity contribution in [2.75, 3.05) is 6.54 Å². The average molecular weight is 212 g/mol. The van der Waals surface area contributed by atoms with Gasteiger partial charge < -0.3 is 11.1 Å². The number of nitrogens with two attached hydrogens (primary N) is 1. The van der Waals surface area contributed by atoms with Gasteiger partial charge in [0.05, 0.1) is 5.41 Å².